The molecule has 0 saturated carbocycles. The van der Waals surface area contributed by atoms with Gasteiger partial charge in [0.1, 0.15) is 0 Å². The molecule has 0 amide bonds. The first-order chi connectivity index (χ1) is 4.81. The molecule has 0 aliphatic rings. The third-order valence-electron chi connectivity index (χ3n) is 1.60. The molecule has 0 bridgehead atoms. The van der Waals surface area contributed by atoms with E-state index in [1.165, 1.54) is 6.04 Å². The van der Waals surface area contributed by atoms with Gasteiger partial charge in [0, 0.05) is 22.6 Å². The summed E-state index contributed by atoms with van der Waals surface area (Å²) in [5, 5.41) is 3.32. The first-order valence-electron chi connectivity index (χ1n) is 4.22. The van der Waals surface area contributed by atoms with E-state index in [-0.39, 0.29) is 9.52 Å². The highest BCUT2D eigenvalue weighted by molar-refractivity contribution is 6.33. The van der Waals surface area contributed by atoms with Gasteiger partial charge in [0.25, 0.3) is 0 Å². The second-order valence-corrected chi connectivity index (χ2v) is 4.46. The van der Waals surface area contributed by atoms with Crippen LogP contribution in [-0.4, -0.2) is 29.2 Å². The molecule has 1 atom stereocenters. The summed E-state index contributed by atoms with van der Waals surface area (Å²) in [5.41, 5.74) is 5.33. The van der Waals surface area contributed by atoms with Gasteiger partial charge in [-0.25, -0.2) is 0 Å². The van der Waals surface area contributed by atoms with Crippen molar-refractivity contribution in [1.82, 2.24) is 5.32 Å². The lowest BCUT2D eigenvalue weighted by molar-refractivity contribution is 0.556. The molecular formula is C7H20N2Si. The van der Waals surface area contributed by atoms with Gasteiger partial charge in [-0.1, -0.05) is 19.5 Å². The van der Waals surface area contributed by atoms with Crippen molar-refractivity contribution in [3.05, 3.63) is 0 Å². The first kappa shape index (κ1) is 10.1. The highest BCUT2D eigenvalue weighted by Crippen LogP contribution is 1.98. The lowest BCUT2D eigenvalue weighted by atomic mass is 10.2. The minimum atomic E-state index is 0.261. The van der Waals surface area contributed by atoms with Crippen molar-refractivity contribution < 1.29 is 0 Å². The second kappa shape index (κ2) is 7.25. The zero-order chi connectivity index (χ0) is 7.82. The molecule has 0 fully saturated rings. The molecule has 62 valence electrons. The summed E-state index contributed by atoms with van der Waals surface area (Å²) < 4.78 is 0. The summed E-state index contributed by atoms with van der Waals surface area (Å²) in [6.07, 6.45) is 0. The topological polar surface area (TPSA) is 38.0 Å². The summed E-state index contributed by atoms with van der Waals surface area (Å²) in [6, 6.07) is 1.46. The molecule has 0 aromatic rings. The van der Waals surface area contributed by atoms with Crippen molar-refractivity contribution in [3.8, 4) is 0 Å². The lowest BCUT2D eigenvalue weighted by Crippen LogP contribution is -2.27. The van der Waals surface area contributed by atoms with Gasteiger partial charge in [0.2, 0.25) is 0 Å². The third-order valence-corrected chi connectivity index (χ3v) is 3.16. The van der Waals surface area contributed by atoms with E-state index in [1.807, 2.05) is 0 Å². The highest BCUT2D eigenvalue weighted by Gasteiger charge is 1.97. The molecule has 2 nitrogen and oxygen atoms in total. The van der Waals surface area contributed by atoms with Crippen molar-refractivity contribution in [2.75, 3.05) is 19.6 Å². The highest BCUT2D eigenvalue weighted by atomic mass is 28.2. The summed E-state index contributed by atoms with van der Waals surface area (Å²) >= 11 is 0. The Morgan fingerprint density at radius 2 is 2.30 bits per heavy atom. The molecule has 0 aliphatic carbocycles. The number of nitrogens with one attached hydrogen (secondary N) is 1. The van der Waals surface area contributed by atoms with E-state index in [1.54, 1.807) is 0 Å². The van der Waals surface area contributed by atoms with E-state index in [4.69, 9.17) is 5.73 Å². The Bertz CT molecular complexity index is 68.6. The Labute approximate surface area is 66.4 Å². The van der Waals surface area contributed by atoms with Gasteiger partial charge >= 0.3 is 0 Å². The van der Waals surface area contributed by atoms with E-state index in [0.29, 0.717) is 0 Å². The maximum atomic E-state index is 5.33. The first-order valence-corrected chi connectivity index (χ1v) is 6.63. The molecule has 3 heteroatoms. The average molecular weight is 160 g/mol. The number of hydrogen-bond acceptors (Lipinski definition) is 2. The fourth-order valence-corrected chi connectivity index (χ4v) is 2.24. The molecule has 0 rings (SSSR count). The van der Waals surface area contributed by atoms with Crippen molar-refractivity contribution >= 4 is 9.52 Å². The summed E-state index contributed by atoms with van der Waals surface area (Å²) in [4.78, 5) is 0. The maximum absolute atomic E-state index is 5.33. The summed E-state index contributed by atoms with van der Waals surface area (Å²) in [5.74, 6) is 0.864. The quantitative estimate of drug-likeness (QED) is 0.417. The minimum absolute atomic E-state index is 0.261. The molecule has 0 spiro atoms. The SMILES string of the molecule is C[SiH2]CC(C)CNCCN. The zero-order valence-electron chi connectivity index (χ0n) is 7.19. The molecule has 0 aromatic carbocycles. The molecule has 0 radical (unpaired) electrons. The molecule has 10 heavy (non-hydrogen) atoms. The Kier molecular flexibility index (Phi) is 7.35. The fourth-order valence-electron chi connectivity index (χ4n) is 1.05. The van der Waals surface area contributed by atoms with Gasteiger partial charge in [-0.2, -0.15) is 0 Å². The van der Waals surface area contributed by atoms with Crippen molar-refractivity contribution in [2.45, 2.75) is 19.5 Å². The Hall–Kier alpha value is 0.137. The van der Waals surface area contributed by atoms with Gasteiger partial charge in [0.05, 0.1) is 0 Å². The molecule has 3 N–H and O–H groups in total. The molecule has 1 unspecified atom stereocenters. The van der Waals surface area contributed by atoms with Crippen LogP contribution in [0.5, 0.6) is 0 Å². The summed E-state index contributed by atoms with van der Waals surface area (Å²) in [7, 11) is 0.261. The normalized spacial score (nSPS) is 14.7. The average Bonchev–Trinajstić information content (AvgIpc) is 1.89. The number of nitrogens with two attached hydrogens (primary N) is 1. The maximum Gasteiger partial charge on any atom is 0.0170 e. The molecule has 0 aromatic heterocycles. The Morgan fingerprint density at radius 3 is 2.80 bits per heavy atom. The number of rotatable bonds is 6. The monoisotopic (exact) mass is 160 g/mol. The van der Waals surface area contributed by atoms with Gasteiger partial charge in [-0.05, 0) is 12.5 Å². The van der Waals surface area contributed by atoms with Gasteiger partial charge in [0.15, 0.2) is 0 Å². The predicted molar refractivity (Wildman–Crippen MR) is 50.3 cm³/mol. The van der Waals surface area contributed by atoms with Gasteiger partial charge < -0.3 is 11.1 Å². The van der Waals surface area contributed by atoms with Crippen LogP contribution in [0.1, 0.15) is 6.92 Å². The fraction of sp³-hybridized carbons (Fsp3) is 1.00. The Balaban J connectivity index is 2.97. The second-order valence-electron chi connectivity index (χ2n) is 2.89. The van der Waals surface area contributed by atoms with Gasteiger partial charge in [-0.15, -0.1) is 0 Å². The van der Waals surface area contributed by atoms with E-state index >= 15 is 0 Å². The predicted octanol–water partition coefficient (Wildman–Crippen LogP) is -0.194. The van der Waals surface area contributed by atoms with Crippen LogP contribution in [0.4, 0.5) is 0 Å². The summed E-state index contributed by atoms with van der Waals surface area (Å²) in [6.45, 7) is 7.55. The van der Waals surface area contributed by atoms with Gasteiger partial charge in [-0.3, -0.25) is 0 Å². The lowest BCUT2D eigenvalue weighted by Gasteiger charge is -2.09. The number of hydrogen-bond donors (Lipinski definition) is 2. The molecule has 0 aliphatic heterocycles. The van der Waals surface area contributed by atoms with Crippen LogP contribution in [0, 0.1) is 5.92 Å². The van der Waals surface area contributed by atoms with E-state index in [9.17, 15) is 0 Å². The zero-order valence-corrected chi connectivity index (χ0v) is 8.60. The molecule has 0 heterocycles. The van der Waals surface area contributed by atoms with Crippen LogP contribution in [-0.2, 0) is 0 Å². The largest absolute Gasteiger partial charge is 0.329 e. The van der Waals surface area contributed by atoms with Crippen LogP contribution in [0.25, 0.3) is 0 Å². The van der Waals surface area contributed by atoms with Crippen LogP contribution in [0.15, 0.2) is 0 Å². The van der Waals surface area contributed by atoms with Crippen LogP contribution < -0.4 is 11.1 Å². The minimum Gasteiger partial charge on any atom is -0.329 e. The molecule has 0 saturated heterocycles. The van der Waals surface area contributed by atoms with Crippen LogP contribution in [0.3, 0.4) is 0 Å². The third kappa shape index (κ3) is 6.26. The molecular weight excluding hydrogens is 140 g/mol. The van der Waals surface area contributed by atoms with E-state index < -0.39 is 0 Å². The van der Waals surface area contributed by atoms with Crippen LogP contribution >= 0.6 is 0 Å². The van der Waals surface area contributed by atoms with E-state index in [2.05, 4.69) is 18.8 Å². The Morgan fingerprint density at radius 1 is 1.60 bits per heavy atom. The van der Waals surface area contributed by atoms with Crippen molar-refractivity contribution in [1.29, 1.82) is 0 Å². The standard InChI is InChI=1S/C7H20N2Si/c1-7(6-10-2)5-9-4-3-8/h7,9H,3-6,8,10H2,1-2H3. The van der Waals surface area contributed by atoms with Crippen molar-refractivity contribution in [3.63, 3.8) is 0 Å². The van der Waals surface area contributed by atoms with Crippen molar-refractivity contribution in [2.24, 2.45) is 11.7 Å². The van der Waals surface area contributed by atoms with Crippen LogP contribution in [0.2, 0.25) is 12.6 Å². The smallest absolute Gasteiger partial charge is 0.0170 e. The van der Waals surface area contributed by atoms with E-state index in [0.717, 1.165) is 25.6 Å².